The summed E-state index contributed by atoms with van der Waals surface area (Å²) in [6.45, 7) is 4.85. The van der Waals surface area contributed by atoms with E-state index >= 15 is 0 Å². The third-order valence-corrected chi connectivity index (χ3v) is 4.58. The lowest BCUT2D eigenvalue weighted by Gasteiger charge is -2.37. The molecule has 0 N–H and O–H groups in total. The lowest BCUT2D eigenvalue weighted by Crippen LogP contribution is -2.46. The van der Waals surface area contributed by atoms with Crippen LogP contribution in [0.25, 0.3) is 0 Å². The van der Waals surface area contributed by atoms with Crippen molar-refractivity contribution in [1.82, 2.24) is 4.90 Å². The molecule has 0 spiro atoms. The summed E-state index contributed by atoms with van der Waals surface area (Å²) < 4.78 is 40.6. The number of hydrogen-bond acceptors (Lipinski definition) is 1. The monoisotopic (exact) mass is 233 g/mol. The summed E-state index contributed by atoms with van der Waals surface area (Å²) in [5.41, 5.74) is -0.526. The molecular formula is C12H18F3N. The highest BCUT2D eigenvalue weighted by Gasteiger charge is 2.81. The predicted octanol–water partition coefficient (Wildman–Crippen LogP) is 2.71. The maximum Gasteiger partial charge on any atom is 0.257 e. The molecule has 92 valence electrons. The third kappa shape index (κ3) is 1.17. The Morgan fingerprint density at radius 1 is 1.31 bits per heavy atom. The van der Waals surface area contributed by atoms with Gasteiger partial charge in [-0.25, -0.2) is 13.2 Å². The van der Waals surface area contributed by atoms with Gasteiger partial charge in [0, 0.05) is 24.5 Å². The molecule has 3 aliphatic rings. The third-order valence-electron chi connectivity index (χ3n) is 4.58. The molecule has 2 saturated heterocycles. The molecule has 0 aromatic carbocycles. The number of piperidine rings is 1. The second-order valence-corrected chi connectivity index (χ2v) is 6.17. The Hall–Kier alpha value is -0.250. The first-order valence-corrected chi connectivity index (χ1v) is 6.15. The lowest BCUT2D eigenvalue weighted by molar-refractivity contribution is 0.000756. The average Bonchev–Trinajstić information content (AvgIpc) is 2.41. The summed E-state index contributed by atoms with van der Waals surface area (Å²) in [7, 11) is 0. The molecule has 4 heteroatoms. The summed E-state index contributed by atoms with van der Waals surface area (Å²) in [6, 6.07) is 0. The van der Waals surface area contributed by atoms with Gasteiger partial charge in [0.15, 0.2) is 0 Å². The van der Waals surface area contributed by atoms with Crippen molar-refractivity contribution in [2.75, 3.05) is 13.1 Å². The van der Waals surface area contributed by atoms with Crippen LogP contribution in [0.15, 0.2) is 0 Å². The van der Waals surface area contributed by atoms with Gasteiger partial charge in [0.1, 0.15) is 6.17 Å². The van der Waals surface area contributed by atoms with Crippen LogP contribution in [0.1, 0.15) is 26.7 Å². The Bertz CT molecular complexity index is 317. The fourth-order valence-corrected chi connectivity index (χ4v) is 4.21. The number of rotatable bonds is 2. The SMILES string of the molecule is CC(C)C[C@]12C[C@@H](F)CN1CC1C2C1(F)F. The van der Waals surface area contributed by atoms with Gasteiger partial charge in [-0.2, -0.15) is 0 Å². The van der Waals surface area contributed by atoms with Crippen LogP contribution in [0, 0.1) is 17.8 Å². The van der Waals surface area contributed by atoms with E-state index in [4.69, 9.17) is 0 Å². The van der Waals surface area contributed by atoms with Gasteiger partial charge in [0.2, 0.25) is 0 Å². The Morgan fingerprint density at radius 2 is 2.00 bits per heavy atom. The molecule has 0 amide bonds. The van der Waals surface area contributed by atoms with Crippen LogP contribution in [0.2, 0.25) is 0 Å². The van der Waals surface area contributed by atoms with E-state index in [2.05, 4.69) is 0 Å². The van der Waals surface area contributed by atoms with Gasteiger partial charge in [0.05, 0.1) is 5.92 Å². The fraction of sp³-hybridized carbons (Fsp3) is 1.00. The van der Waals surface area contributed by atoms with Crippen molar-refractivity contribution in [3.8, 4) is 0 Å². The molecule has 0 bridgehead atoms. The smallest absolute Gasteiger partial charge is 0.257 e. The molecule has 16 heavy (non-hydrogen) atoms. The average molecular weight is 233 g/mol. The predicted molar refractivity (Wildman–Crippen MR) is 55.2 cm³/mol. The van der Waals surface area contributed by atoms with Crippen LogP contribution in [0.4, 0.5) is 13.2 Å². The van der Waals surface area contributed by atoms with E-state index in [1.165, 1.54) is 0 Å². The molecule has 0 aromatic rings. The van der Waals surface area contributed by atoms with Crippen molar-refractivity contribution < 1.29 is 13.2 Å². The molecule has 1 nitrogen and oxygen atoms in total. The van der Waals surface area contributed by atoms with Crippen molar-refractivity contribution >= 4 is 0 Å². The zero-order chi connectivity index (χ0) is 11.7. The molecule has 0 aromatic heterocycles. The van der Waals surface area contributed by atoms with Crippen molar-refractivity contribution in [3.63, 3.8) is 0 Å². The highest BCUT2D eigenvalue weighted by Crippen LogP contribution is 2.70. The van der Waals surface area contributed by atoms with E-state index in [9.17, 15) is 13.2 Å². The normalized spacial score (nSPS) is 49.5. The molecule has 1 saturated carbocycles. The fourth-order valence-electron chi connectivity index (χ4n) is 4.21. The molecule has 2 aliphatic heterocycles. The first-order valence-electron chi connectivity index (χ1n) is 6.15. The van der Waals surface area contributed by atoms with Crippen LogP contribution < -0.4 is 0 Å². The molecule has 0 radical (unpaired) electrons. The highest BCUT2D eigenvalue weighted by atomic mass is 19.3. The van der Waals surface area contributed by atoms with Gasteiger partial charge in [-0.1, -0.05) is 13.8 Å². The molecule has 4 atom stereocenters. The lowest BCUT2D eigenvalue weighted by atomic mass is 9.82. The van der Waals surface area contributed by atoms with Gasteiger partial charge in [-0.3, -0.25) is 4.90 Å². The maximum atomic E-state index is 13.6. The van der Waals surface area contributed by atoms with Crippen molar-refractivity contribution in [1.29, 1.82) is 0 Å². The number of fused-ring (bicyclic) bond motifs is 3. The summed E-state index contributed by atoms with van der Waals surface area (Å²) in [5.74, 6) is -3.22. The highest BCUT2D eigenvalue weighted by molar-refractivity contribution is 5.26. The van der Waals surface area contributed by atoms with E-state index in [1.54, 1.807) is 0 Å². The zero-order valence-electron chi connectivity index (χ0n) is 9.72. The minimum absolute atomic E-state index is 0.321. The molecule has 1 aliphatic carbocycles. The van der Waals surface area contributed by atoms with E-state index < -0.39 is 29.5 Å². The standard InChI is InChI=1S/C12H18F3N/c1-7(2)3-11-4-8(13)5-16(11)6-9-10(11)12(9,14)15/h7-10H,3-6H2,1-2H3/t8-,9?,10?,11-/m1/s1. The van der Waals surface area contributed by atoms with E-state index in [1.807, 2.05) is 18.7 Å². The number of halogens is 3. The minimum atomic E-state index is -2.52. The Balaban J connectivity index is 1.90. The zero-order valence-corrected chi connectivity index (χ0v) is 9.72. The van der Waals surface area contributed by atoms with Crippen LogP contribution >= 0.6 is 0 Å². The summed E-state index contributed by atoms with van der Waals surface area (Å²) in [5, 5.41) is 0. The van der Waals surface area contributed by atoms with Crippen molar-refractivity contribution in [2.24, 2.45) is 17.8 Å². The quantitative estimate of drug-likeness (QED) is 0.709. The van der Waals surface area contributed by atoms with Gasteiger partial charge >= 0.3 is 0 Å². The van der Waals surface area contributed by atoms with Gasteiger partial charge in [-0.15, -0.1) is 0 Å². The van der Waals surface area contributed by atoms with E-state index in [-0.39, 0.29) is 0 Å². The van der Waals surface area contributed by atoms with E-state index in [0.717, 1.165) is 0 Å². The van der Waals surface area contributed by atoms with Crippen molar-refractivity contribution in [2.45, 2.75) is 44.3 Å². The molecule has 3 fully saturated rings. The summed E-state index contributed by atoms with van der Waals surface area (Å²) in [4.78, 5) is 2.00. The van der Waals surface area contributed by atoms with Gasteiger partial charge in [0.25, 0.3) is 5.92 Å². The van der Waals surface area contributed by atoms with Crippen LogP contribution in [0.3, 0.4) is 0 Å². The molecular weight excluding hydrogens is 215 g/mol. The van der Waals surface area contributed by atoms with E-state index in [0.29, 0.717) is 31.8 Å². The molecule has 3 rings (SSSR count). The second-order valence-electron chi connectivity index (χ2n) is 6.17. The van der Waals surface area contributed by atoms with Crippen LogP contribution in [-0.4, -0.2) is 35.6 Å². The largest absolute Gasteiger partial charge is 0.294 e. The number of nitrogens with zero attached hydrogens (tertiary/aromatic N) is 1. The second kappa shape index (κ2) is 2.95. The first kappa shape index (κ1) is 10.9. The summed E-state index contributed by atoms with van der Waals surface area (Å²) in [6.07, 6.45) is 0.127. The molecule has 2 unspecified atom stereocenters. The number of alkyl halides is 3. The van der Waals surface area contributed by atoms with Gasteiger partial charge < -0.3 is 0 Å². The number of hydrogen-bond donors (Lipinski definition) is 0. The van der Waals surface area contributed by atoms with Crippen LogP contribution in [-0.2, 0) is 0 Å². The summed E-state index contributed by atoms with van der Waals surface area (Å²) >= 11 is 0. The Morgan fingerprint density at radius 3 is 2.62 bits per heavy atom. The maximum absolute atomic E-state index is 13.6. The molecule has 2 heterocycles. The minimum Gasteiger partial charge on any atom is -0.294 e. The Kier molecular flexibility index (Phi) is 2.00. The topological polar surface area (TPSA) is 3.24 Å². The van der Waals surface area contributed by atoms with Crippen LogP contribution in [0.5, 0.6) is 0 Å². The van der Waals surface area contributed by atoms with Crippen molar-refractivity contribution in [3.05, 3.63) is 0 Å². The van der Waals surface area contributed by atoms with Gasteiger partial charge in [-0.05, 0) is 18.8 Å². The first-order chi connectivity index (χ1) is 7.38. The Labute approximate surface area is 94.0 Å².